The second-order valence-corrected chi connectivity index (χ2v) is 10.4. The second-order valence-electron chi connectivity index (χ2n) is 10.4. The van der Waals surface area contributed by atoms with Crippen molar-refractivity contribution in [2.45, 2.75) is 131 Å². The molecule has 1 rings (SSSR count). The van der Waals surface area contributed by atoms with Crippen LogP contribution in [0, 0.1) is 0 Å². The van der Waals surface area contributed by atoms with Crippen LogP contribution in [0.15, 0.2) is 58.2 Å². The summed E-state index contributed by atoms with van der Waals surface area (Å²) in [6, 6.07) is 0. The van der Waals surface area contributed by atoms with E-state index in [1.165, 1.54) is 66.4 Å². The van der Waals surface area contributed by atoms with Gasteiger partial charge in [0.1, 0.15) is 0 Å². The predicted molar refractivity (Wildman–Crippen MR) is 140 cm³/mol. The van der Waals surface area contributed by atoms with E-state index in [0.29, 0.717) is 6.10 Å². The number of epoxide rings is 1. The van der Waals surface area contributed by atoms with Gasteiger partial charge in [-0.1, -0.05) is 58.2 Å². The Hall–Kier alpha value is -1.34. The number of rotatable bonds is 15. The topological polar surface area (TPSA) is 12.5 Å². The molecule has 0 radical (unpaired) electrons. The van der Waals surface area contributed by atoms with Crippen molar-refractivity contribution in [1.82, 2.24) is 0 Å². The fraction of sp³-hybridized carbons (Fsp3) is 0.667. The molecule has 1 aliphatic rings. The Kier molecular flexibility index (Phi) is 13.1. The average molecular weight is 427 g/mol. The molecule has 2 atom stereocenters. The Labute approximate surface area is 194 Å². The van der Waals surface area contributed by atoms with Gasteiger partial charge in [-0.05, 0) is 120 Å². The van der Waals surface area contributed by atoms with Crippen molar-refractivity contribution in [2.24, 2.45) is 0 Å². The third kappa shape index (κ3) is 13.6. The largest absolute Gasteiger partial charge is 0.366 e. The van der Waals surface area contributed by atoms with E-state index < -0.39 is 0 Å². The molecule has 176 valence electrons. The molecular formula is C30H50O. The van der Waals surface area contributed by atoms with E-state index in [9.17, 15) is 0 Å². The third-order valence-electron chi connectivity index (χ3n) is 6.30. The fourth-order valence-electron chi connectivity index (χ4n) is 3.98. The summed E-state index contributed by atoms with van der Waals surface area (Å²) in [4.78, 5) is 0. The van der Waals surface area contributed by atoms with Gasteiger partial charge in [-0.15, -0.1) is 0 Å². The lowest BCUT2D eigenvalue weighted by Crippen LogP contribution is -2.09. The van der Waals surface area contributed by atoms with Crippen molar-refractivity contribution < 1.29 is 4.74 Å². The normalized spacial score (nSPS) is 21.8. The molecule has 1 saturated heterocycles. The molecule has 1 aliphatic heterocycles. The third-order valence-corrected chi connectivity index (χ3v) is 6.30. The van der Waals surface area contributed by atoms with Gasteiger partial charge < -0.3 is 4.74 Å². The highest BCUT2D eigenvalue weighted by Crippen LogP contribution is 2.43. The summed E-state index contributed by atoms with van der Waals surface area (Å²) in [6.45, 7) is 17.8. The van der Waals surface area contributed by atoms with Crippen molar-refractivity contribution >= 4 is 0 Å². The molecule has 31 heavy (non-hydrogen) atoms. The maximum Gasteiger partial charge on any atom is 0.0923 e. The van der Waals surface area contributed by atoms with Crippen molar-refractivity contribution in [2.75, 3.05) is 0 Å². The molecule has 1 nitrogen and oxygen atoms in total. The summed E-state index contributed by atoms with van der Waals surface area (Å²) in [7, 11) is 0. The molecular weight excluding hydrogens is 376 g/mol. The first-order valence-corrected chi connectivity index (χ1v) is 12.5. The Bertz CT molecular complexity index is 677. The van der Waals surface area contributed by atoms with E-state index in [4.69, 9.17) is 4.74 Å². The average Bonchev–Trinajstić information content (AvgIpc) is 3.32. The predicted octanol–water partition coefficient (Wildman–Crippen LogP) is 9.82. The van der Waals surface area contributed by atoms with Gasteiger partial charge in [0, 0.05) is 0 Å². The van der Waals surface area contributed by atoms with Crippen LogP contribution in [0.4, 0.5) is 0 Å². The lowest BCUT2D eigenvalue weighted by atomic mass is 9.96. The van der Waals surface area contributed by atoms with Crippen molar-refractivity contribution in [1.29, 1.82) is 0 Å². The minimum atomic E-state index is 0.129. The van der Waals surface area contributed by atoms with Crippen LogP contribution in [0.2, 0.25) is 0 Å². The molecule has 0 saturated carbocycles. The number of unbranched alkanes of at least 4 members (excludes halogenated alkanes) is 1. The summed E-state index contributed by atoms with van der Waals surface area (Å²) in [5, 5.41) is 0. The van der Waals surface area contributed by atoms with Crippen molar-refractivity contribution in [3.05, 3.63) is 58.2 Å². The van der Waals surface area contributed by atoms with E-state index in [1.807, 2.05) is 0 Å². The van der Waals surface area contributed by atoms with E-state index in [2.05, 4.69) is 85.8 Å². The number of hydrogen-bond donors (Lipinski definition) is 0. The fourth-order valence-corrected chi connectivity index (χ4v) is 3.98. The smallest absolute Gasteiger partial charge is 0.0923 e. The van der Waals surface area contributed by atoms with E-state index in [1.54, 1.807) is 0 Å². The molecule has 0 aromatic heterocycles. The first-order valence-electron chi connectivity index (χ1n) is 12.5. The molecule has 1 heteroatoms. The first-order chi connectivity index (χ1) is 14.6. The molecule has 1 heterocycles. The van der Waals surface area contributed by atoms with Gasteiger partial charge in [-0.2, -0.15) is 0 Å². The number of ether oxygens (including phenoxy) is 1. The highest BCUT2D eigenvalue weighted by Gasteiger charge is 2.50. The Morgan fingerprint density at radius 2 is 1.06 bits per heavy atom. The molecule has 0 unspecified atom stereocenters. The van der Waals surface area contributed by atoms with Gasteiger partial charge in [-0.3, -0.25) is 0 Å². The lowest BCUT2D eigenvalue weighted by Gasteiger charge is -2.05. The van der Waals surface area contributed by atoms with Gasteiger partial charge in [-0.25, -0.2) is 0 Å². The Morgan fingerprint density at radius 1 is 0.613 bits per heavy atom. The van der Waals surface area contributed by atoms with Gasteiger partial charge in [0.05, 0.1) is 11.7 Å². The Balaban J connectivity index is 2.18. The van der Waals surface area contributed by atoms with Crippen LogP contribution >= 0.6 is 0 Å². The van der Waals surface area contributed by atoms with Gasteiger partial charge in [0.25, 0.3) is 0 Å². The summed E-state index contributed by atoms with van der Waals surface area (Å²) < 4.78 is 6.01. The lowest BCUT2D eigenvalue weighted by molar-refractivity contribution is 0.295. The van der Waals surface area contributed by atoms with Crippen molar-refractivity contribution in [3.8, 4) is 0 Å². The van der Waals surface area contributed by atoms with E-state index in [-0.39, 0.29) is 5.60 Å². The monoisotopic (exact) mass is 426 g/mol. The molecule has 0 aromatic rings. The molecule has 0 aromatic carbocycles. The maximum absolute atomic E-state index is 6.01. The zero-order chi connectivity index (χ0) is 23.3. The molecule has 0 amide bonds. The molecule has 0 aliphatic carbocycles. The van der Waals surface area contributed by atoms with E-state index >= 15 is 0 Å². The van der Waals surface area contributed by atoms with E-state index in [0.717, 1.165) is 25.7 Å². The van der Waals surface area contributed by atoms with Crippen LogP contribution < -0.4 is 0 Å². The SMILES string of the molecule is CC(C)=CCC/C(C)=C/CC/C(C)=C/CC/C=C(\C)CC[C@H]1O[C@]1(C)CCC=C(C)C. The van der Waals surface area contributed by atoms with Crippen LogP contribution in [-0.4, -0.2) is 11.7 Å². The van der Waals surface area contributed by atoms with Gasteiger partial charge in [0.15, 0.2) is 0 Å². The van der Waals surface area contributed by atoms with Gasteiger partial charge >= 0.3 is 0 Å². The minimum absolute atomic E-state index is 0.129. The Morgan fingerprint density at radius 3 is 1.61 bits per heavy atom. The molecule has 0 N–H and O–H groups in total. The maximum atomic E-state index is 6.01. The summed E-state index contributed by atoms with van der Waals surface area (Å²) in [5.41, 5.74) is 7.53. The molecule has 0 bridgehead atoms. The highest BCUT2D eigenvalue weighted by atomic mass is 16.6. The van der Waals surface area contributed by atoms with Crippen LogP contribution in [-0.2, 0) is 4.74 Å². The summed E-state index contributed by atoms with van der Waals surface area (Å²) in [5.74, 6) is 0. The standard InChI is InChI=1S/C30H50O/c1-24(2)14-11-18-27(6)20-12-19-26(5)16-9-10-17-28(7)21-22-29-30(8,31-29)23-13-15-25(3)4/h14-17,20,29H,9-13,18-19,21-23H2,1-8H3/b26-16+,27-20+,28-17+/t29-,30-/m1/s1. The minimum Gasteiger partial charge on any atom is -0.366 e. The van der Waals surface area contributed by atoms with Crippen LogP contribution in [0.1, 0.15) is 120 Å². The van der Waals surface area contributed by atoms with Gasteiger partial charge in [0.2, 0.25) is 0 Å². The number of hydrogen-bond acceptors (Lipinski definition) is 1. The summed E-state index contributed by atoms with van der Waals surface area (Å²) >= 11 is 0. The van der Waals surface area contributed by atoms with Crippen LogP contribution in [0.3, 0.4) is 0 Å². The van der Waals surface area contributed by atoms with Crippen LogP contribution in [0.25, 0.3) is 0 Å². The quantitative estimate of drug-likeness (QED) is 0.144. The highest BCUT2D eigenvalue weighted by molar-refractivity contribution is 5.08. The van der Waals surface area contributed by atoms with Crippen molar-refractivity contribution in [3.63, 3.8) is 0 Å². The summed E-state index contributed by atoms with van der Waals surface area (Å²) in [6.07, 6.45) is 24.1. The number of allylic oxidation sites excluding steroid dienone is 10. The zero-order valence-corrected chi connectivity index (χ0v) is 21.9. The zero-order valence-electron chi connectivity index (χ0n) is 21.9. The van der Waals surface area contributed by atoms with Crippen LogP contribution in [0.5, 0.6) is 0 Å². The first kappa shape index (κ1) is 27.7. The molecule has 1 fully saturated rings. The molecule has 0 spiro atoms. The second kappa shape index (κ2) is 14.7.